The van der Waals surface area contributed by atoms with Crippen molar-refractivity contribution < 1.29 is 14.3 Å². The Morgan fingerprint density at radius 1 is 1.30 bits per heavy atom. The molecular formula is C15H22N2O3. The molecule has 0 heterocycles. The Morgan fingerprint density at radius 2 is 2.00 bits per heavy atom. The molecule has 0 unspecified atom stereocenters. The quantitative estimate of drug-likeness (QED) is 0.760. The van der Waals surface area contributed by atoms with E-state index in [1.807, 2.05) is 24.3 Å². The number of anilines is 1. The highest BCUT2D eigenvalue weighted by Crippen LogP contribution is 2.49. The van der Waals surface area contributed by atoms with Crippen molar-refractivity contribution in [1.29, 1.82) is 0 Å². The van der Waals surface area contributed by atoms with Gasteiger partial charge in [0.05, 0.1) is 5.41 Å². The molecule has 1 aromatic carbocycles. The highest BCUT2D eigenvalue weighted by Gasteiger charge is 2.49. The van der Waals surface area contributed by atoms with Crippen LogP contribution >= 0.6 is 0 Å². The molecule has 110 valence electrons. The van der Waals surface area contributed by atoms with E-state index in [9.17, 15) is 4.79 Å². The molecule has 1 aliphatic rings. The molecule has 1 saturated carbocycles. The average Bonchev–Trinajstić information content (AvgIpc) is 3.25. The summed E-state index contributed by atoms with van der Waals surface area (Å²) in [6, 6.07) is 7.35. The second kappa shape index (κ2) is 6.72. The van der Waals surface area contributed by atoms with Crippen molar-refractivity contribution in [1.82, 2.24) is 0 Å². The third-order valence-corrected chi connectivity index (χ3v) is 3.62. The van der Waals surface area contributed by atoms with Crippen LogP contribution in [0.1, 0.15) is 19.3 Å². The monoisotopic (exact) mass is 278 g/mol. The van der Waals surface area contributed by atoms with E-state index in [1.165, 1.54) is 0 Å². The highest BCUT2D eigenvalue weighted by atomic mass is 16.5. The lowest BCUT2D eigenvalue weighted by Gasteiger charge is -2.15. The Balaban J connectivity index is 1.88. The maximum absolute atomic E-state index is 12.2. The molecule has 2 rings (SSSR count). The van der Waals surface area contributed by atoms with Gasteiger partial charge in [0.15, 0.2) is 0 Å². The van der Waals surface area contributed by atoms with E-state index in [2.05, 4.69) is 5.32 Å². The Morgan fingerprint density at radius 3 is 2.55 bits per heavy atom. The van der Waals surface area contributed by atoms with E-state index in [1.54, 1.807) is 7.11 Å². The molecule has 1 aromatic rings. The Bertz CT molecular complexity index is 441. The Kier molecular flexibility index (Phi) is 4.98. The first kappa shape index (κ1) is 14.8. The standard InChI is InChI=1S/C15H22N2O3/c1-19-10-8-15(6-7-15)14(18)17-12-2-4-13(5-3-12)20-11-9-16/h2-5H,6-11,16H2,1H3,(H,17,18). The van der Waals surface area contributed by atoms with E-state index in [0.717, 1.165) is 30.7 Å². The minimum Gasteiger partial charge on any atom is -0.492 e. The molecule has 0 aromatic heterocycles. The fourth-order valence-electron chi connectivity index (χ4n) is 2.11. The number of hydrogen-bond donors (Lipinski definition) is 2. The molecule has 5 nitrogen and oxygen atoms in total. The highest BCUT2D eigenvalue weighted by molar-refractivity contribution is 5.97. The van der Waals surface area contributed by atoms with Gasteiger partial charge in [0.2, 0.25) is 5.91 Å². The Labute approximate surface area is 119 Å². The fraction of sp³-hybridized carbons (Fsp3) is 0.533. The lowest BCUT2D eigenvalue weighted by Crippen LogP contribution is -2.25. The van der Waals surface area contributed by atoms with Crippen molar-refractivity contribution in [3.63, 3.8) is 0 Å². The molecular weight excluding hydrogens is 256 g/mol. The van der Waals surface area contributed by atoms with Gasteiger partial charge in [0.1, 0.15) is 12.4 Å². The second-order valence-electron chi connectivity index (χ2n) is 5.14. The lowest BCUT2D eigenvalue weighted by atomic mass is 10.0. The van der Waals surface area contributed by atoms with Crippen LogP contribution in [-0.2, 0) is 9.53 Å². The average molecular weight is 278 g/mol. The minimum absolute atomic E-state index is 0.0881. The zero-order valence-electron chi connectivity index (χ0n) is 11.9. The molecule has 0 saturated heterocycles. The van der Waals surface area contributed by atoms with Crippen LogP contribution in [0, 0.1) is 5.41 Å². The summed E-state index contributed by atoms with van der Waals surface area (Å²) in [7, 11) is 1.66. The summed E-state index contributed by atoms with van der Waals surface area (Å²) in [5, 5.41) is 2.96. The maximum atomic E-state index is 12.2. The minimum atomic E-state index is -0.218. The van der Waals surface area contributed by atoms with Crippen LogP contribution in [-0.4, -0.2) is 32.8 Å². The number of rotatable bonds is 8. The number of ether oxygens (including phenoxy) is 2. The van der Waals surface area contributed by atoms with Crippen molar-refractivity contribution in [3.8, 4) is 5.75 Å². The molecule has 0 aliphatic heterocycles. The van der Waals surface area contributed by atoms with Crippen LogP contribution in [0.15, 0.2) is 24.3 Å². The number of benzene rings is 1. The summed E-state index contributed by atoms with van der Waals surface area (Å²) < 4.78 is 10.5. The summed E-state index contributed by atoms with van der Waals surface area (Å²) in [5.41, 5.74) is 5.95. The van der Waals surface area contributed by atoms with Gasteiger partial charge in [-0.25, -0.2) is 0 Å². The molecule has 1 aliphatic carbocycles. The molecule has 1 fully saturated rings. The van der Waals surface area contributed by atoms with Gasteiger partial charge in [-0.05, 0) is 43.5 Å². The first-order valence-corrected chi connectivity index (χ1v) is 6.93. The van der Waals surface area contributed by atoms with Crippen LogP contribution in [0.4, 0.5) is 5.69 Å². The van der Waals surface area contributed by atoms with Crippen molar-refractivity contribution in [3.05, 3.63) is 24.3 Å². The lowest BCUT2D eigenvalue weighted by molar-refractivity contribution is -0.121. The first-order valence-electron chi connectivity index (χ1n) is 6.93. The number of amides is 1. The summed E-state index contributed by atoms with van der Waals surface area (Å²) in [6.07, 6.45) is 2.67. The van der Waals surface area contributed by atoms with E-state index in [-0.39, 0.29) is 11.3 Å². The third-order valence-electron chi connectivity index (χ3n) is 3.62. The van der Waals surface area contributed by atoms with Crippen molar-refractivity contribution in [2.45, 2.75) is 19.3 Å². The predicted molar refractivity (Wildman–Crippen MR) is 77.8 cm³/mol. The zero-order chi connectivity index (χ0) is 14.4. The normalized spacial score (nSPS) is 15.7. The van der Waals surface area contributed by atoms with Crippen molar-refractivity contribution in [2.24, 2.45) is 11.1 Å². The SMILES string of the molecule is COCCC1(C(=O)Nc2ccc(OCCN)cc2)CC1. The smallest absolute Gasteiger partial charge is 0.230 e. The van der Waals surface area contributed by atoms with Crippen LogP contribution in [0.25, 0.3) is 0 Å². The number of methoxy groups -OCH3 is 1. The summed E-state index contributed by atoms with van der Waals surface area (Å²) in [5.74, 6) is 0.846. The van der Waals surface area contributed by atoms with E-state index in [4.69, 9.17) is 15.2 Å². The number of carbonyl (C=O) groups is 1. The summed E-state index contributed by atoms with van der Waals surface area (Å²) in [4.78, 5) is 12.2. The third kappa shape index (κ3) is 3.71. The molecule has 5 heteroatoms. The molecule has 3 N–H and O–H groups in total. The van der Waals surface area contributed by atoms with Crippen molar-refractivity contribution in [2.75, 3.05) is 32.2 Å². The van der Waals surface area contributed by atoms with Gasteiger partial charge < -0.3 is 20.5 Å². The molecule has 0 spiro atoms. The van der Waals surface area contributed by atoms with Crippen molar-refractivity contribution >= 4 is 11.6 Å². The van der Waals surface area contributed by atoms with E-state index < -0.39 is 0 Å². The van der Waals surface area contributed by atoms with Gasteiger partial charge >= 0.3 is 0 Å². The van der Waals surface area contributed by atoms with Gasteiger partial charge in [-0.1, -0.05) is 0 Å². The van der Waals surface area contributed by atoms with Crippen LogP contribution < -0.4 is 15.8 Å². The number of carbonyl (C=O) groups excluding carboxylic acids is 1. The zero-order valence-corrected chi connectivity index (χ0v) is 11.9. The van der Waals surface area contributed by atoms with E-state index >= 15 is 0 Å². The van der Waals surface area contributed by atoms with Gasteiger partial charge in [-0.3, -0.25) is 4.79 Å². The van der Waals surface area contributed by atoms with Gasteiger partial charge in [0.25, 0.3) is 0 Å². The molecule has 0 atom stereocenters. The summed E-state index contributed by atoms with van der Waals surface area (Å²) >= 11 is 0. The van der Waals surface area contributed by atoms with Gasteiger partial charge in [-0.2, -0.15) is 0 Å². The number of nitrogens with one attached hydrogen (secondary N) is 1. The van der Waals surface area contributed by atoms with Crippen LogP contribution in [0.5, 0.6) is 5.75 Å². The largest absolute Gasteiger partial charge is 0.492 e. The predicted octanol–water partition coefficient (Wildman–Crippen LogP) is 1.78. The van der Waals surface area contributed by atoms with Crippen LogP contribution in [0.3, 0.4) is 0 Å². The fourth-order valence-corrected chi connectivity index (χ4v) is 2.11. The van der Waals surface area contributed by atoms with E-state index in [0.29, 0.717) is 19.8 Å². The number of hydrogen-bond acceptors (Lipinski definition) is 4. The molecule has 1 amide bonds. The summed E-state index contributed by atoms with van der Waals surface area (Å²) in [6.45, 7) is 1.60. The second-order valence-corrected chi connectivity index (χ2v) is 5.14. The molecule has 0 bridgehead atoms. The Hall–Kier alpha value is -1.59. The van der Waals surface area contributed by atoms with Gasteiger partial charge in [-0.15, -0.1) is 0 Å². The topological polar surface area (TPSA) is 73.6 Å². The maximum Gasteiger partial charge on any atom is 0.230 e. The van der Waals surface area contributed by atoms with Crippen LogP contribution in [0.2, 0.25) is 0 Å². The van der Waals surface area contributed by atoms with Gasteiger partial charge in [0, 0.05) is 25.9 Å². The molecule has 20 heavy (non-hydrogen) atoms. The molecule has 0 radical (unpaired) electrons. The first-order chi connectivity index (χ1) is 9.70. The number of nitrogens with two attached hydrogens (primary N) is 1.